The molecular formula is C14H10Cl2O3. The van der Waals surface area contributed by atoms with Crippen molar-refractivity contribution < 1.29 is 14.6 Å². The zero-order valence-corrected chi connectivity index (χ0v) is 11.5. The van der Waals surface area contributed by atoms with Crippen molar-refractivity contribution in [2.45, 2.75) is 0 Å². The number of benzene rings is 2. The number of methoxy groups -OCH3 is 1. The molecule has 0 fully saturated rings. The number of aromatic carboxylic acids is 1. The molecule has 0 saturated heterocycles. The molecular weight excluding hydrogens is 287 g/mol. The summed E-state index contributed by atoms with van der Waals surface area (Å²) in [5.74, 6) is -0.455. The van der Waals surface area contributed by atoms with Gasteiger partial charge >= 0.3 is 5.97 Å². The molecule has 0 heterocycles. The summed E-state index contributed by atoms with van der Waals surface area (Å²) in [6.45, 7) is 0. The Morgan fingerprint density at radius 2 is 1.84 bits per heavy atom. The van der Waals surface area contributed by atoms with Crippen LogP contribution in [0.5, 0.6) is 5.75 Å². The third-order valence-electron chi connectivity index (χ3n) is 2.67. The van der Waals surface area contributed by atoms with Crippen molar-refractivity contribution in [1.29, 1.82) is 0 Å². The molecule has 0 spiro atoms. The molecule has 2 rings (SSSR count). The number of rotatable bonds is 3. The van der Waals surface area contributed by atoms with Crippen LogP contribution in [0.4, 0.5) is 0 Å². The molecule has 0 aliphatic carbocycles. The first kappa shape index (κ1) is 13.7. The first-order chi connectivity index (χ1) is 9.02. The minimum absolute atomic E-state index is 0.168. The molecule has 0 aliphatic rings. The summed E-state index contributed by atoms with van der Waals surface area (Å²) in [5, 5.41) is 9.99. The van der Waals surface area contributed by atoms with Gasteiger partial charge in [0.05, 0.1) is 17.7 Å². The zero-order valence-electron chi connectivity index (χ0n) is 9.98. The Bertz CT molecular complexity index is 639. The van der Waals surface area contributed by atoms with Gasteiger partial charge in [-0.1, -0.05) is 29.3 Å². The summed E-state index contributed by atoms with van der Waals surface area (Å²) in [7, 11) is 1.52. The van der Waals surface area contributed by atoms with E-state index in [1.807, 2.05) is 0 Å². The molecule has 0 bridgehead atoms. The lowest BCUT2D eigenvalue weighted by molar-refractivity contribution is 0.0697. The van der Waals surface area contributed by atoms with E-state index < -0.39 is 5.97 Å². The van der Waals surface area contributed by atoms with Crippen LogP contribution in [0.25, 0.3) is 11.1 Å². The van der Waals surface area contributed by atoms with Crippen molar-refractivity contribution in [3.63, 3.8) is 0 Å². The van der Waals surface area contributed by atoms with E-state index >= 15 is 0 Å². The Labute approximate surface area is 120 Å². The second-order valence-corrected chi connectivity index (χ2v) is 4.69. The molecule has 19 heavy (non-hydrogen) atoms. The first-order valence-corrected chi connectivity index (χ1v) is 6.15. The molecule has 0 radical (unpaired) electrons. The highest BCUT2D eigenvalue weighted by atomic mass is 35.5. The summed E-state index contributed by atoms with van der Waals surface area (Å²) < 4.78 is 5.24. The number of hydrogen-bond acceptors (Lipinski definition) is 2. The van der Waals surface area contributed by atoms with Crippen LogP contribution >= 0.6 is 23.2 Å². The van der Waals surface area contributed by atoms with Crippen molar-refractivity contribution in [3.8, 4) is 16.9 Å². The van der Waals surface area contributed by atoms with Crippen LogP contribution in [0.15, 0.2) is 36.4 Å². The maximum Gasteiger partial charge on any atom is 0.335 e. The van der Waals surface area contributed by atoms with E-state index in [9.17, 15) is 4.79 Å². The highest BCUT2D eigenvalue weighted by Gasteiger charge is 2.13. The number of carboxylic acid groups (broad SMARTS) is 1. The first-order valence-electron chi connectivity index (χ1n) is 5.39. The number of ether oxygens (including phenoxy) is 1. The molecule has 0 amide bonds. The monoisotopic (exact) mass is 296 g/mol. The van der Waals surface area contributed by atoms with Gasteiger partial charge < -0.3 is 9.84 Å². The predicted octanol–water partition coefficient (Wildman–Crippen LogP) is 4.37. The van der Waals surface area contributed by atoms with Gasteiger partial charge in [0.25, 0.3) is 0 Å². The van der Waals surface area contributed by atoms with Gasteiger partial charge in [0.15, 0.2) is 0 Å². The fourth-order valence-electron chi connectivity index (χ4n) is 1.76. The van der Waals surface area contributed by atoms with Crippen molar-refractivity contribution in [1.82, 2.24) is 0 Å². The molecule has 0 saturated carbocycles. The van der Waals surface area contributed by atoms with Gasteiger partial charge in [-0.25, -0.2) is 4.79 Å². The van der Waals surface area contributed by atoms with Crippen LogP contribution < -0.4 is 4.74 Å². The van der Waals surface area contributed by atoms with Gasteiger partial charge in [0.1, 0.15) is 5.75 Å². The zero-order chi connectivity index (χ0) is 14.0. The van der Waals surface area contributed by atoms with Gasteiger partial charge in [-0.3, -0.25) is 0 Å². The molecule has 0 aliphatic heterocycles. The van der Waals surface area contributed by atoms with Gasteiger partial charge in [-0.15, -0.1) is 0 Å². The molecule has 0 atom stereocenters. The van der Waals surface area contributed by atoms with Gasteiger partial charge in [0, 0.05) is 16.1 Å². The van der Waals surface area contributed by atoms with Gasteiger partial charge in [0.2, 0.25) is 0 Å². The van der Waals surface area contributed by atoms with Crippen LogP contribution in [0.3, 0.4) is 0 Å². The summed E-state index contributed by atoms with van der Waals surface area (Å²) in [6.07, 6.45) is 0. The average molecular weight is 297 g/mol. The van der Waals surface area contributed by atoms with Crippen LogP contribution in [0, 0.1) is 0 Å². The molecule has 1 N–H and O–H groups in total. The van der Waals surface area contributed by atoms with Gasteiger partial charge in [-0.05, 0) is 30.3 Å². The Kier molecular flexibility index (Phi) is 3.98. The highest BCUT2D eigenvalue weighted by Crippen LogP contribution is 2.36. The minimum Gasteiger partial charge on any atom is -0.496 e. The van der Waals surface area contributed by atoms with Gasteiger partial charge in [-0.2, -0.15) is 0 Å². The van der Waals surface area contributed by atoms with E-state index in [1.54, 1.807) is 24.3 Å². The third kappa shape index (κ3) is 2.83. The molecule has 0 unspecified atom stereocenters. The smallest absolute Gasteiger partial charge is 0.335 e. The lowest BCUT2D eigenvalue weighted by Crippen LogP contribution is -1.98. The Morgan fingerprint density at radius 3 is 2.42 bits per heavy atom. The minimum atomic E-state index is -1.01. The third-order valence-corrected chi connectivity index (χ3v) is 3.22. The molecule has 2 aromatic carbocycles. The van der Waals surface area contributed by atoms with Crippen molar-refractivity contribution >= 4 is 29.2 Å². The predicted molar refractivity (Wildman–Crippen MR) is 75.4 cm³/mol. The molecule has 3 nitrogen and oxygen atoms in total. The summed E-state index contributed by atoms with van der Waals surface area (Å²) in [6, 6.07) is 9.63. The molecule has 0 aromatic heterocycles. The maximum absolute atomic E-state index is 11.0. The lowest BCUT2D eigenvalue weighted by atomic mass is 10.0. The average Bonchev–Trinajstić information content (AvgIpc) is 2.38. The molecule has 98 valence electrons. The number of carbonyl (C=O) groups is 1. The molecule has 5 heteroatoms. The fraction of sp³-hybridized carbons (Fsp3) is 0.0714. The van der Waals surface area contributed by atoms with E-state index in [0.29, 0.717) is 26.9 Å². The quantitative estimate of drug-likeness (QED) is 0.915. The SMILES string of the molecule is COc1ccc(C(=O)O)cc1-c1ccc(Cl)cc1Cl. The largest absolute Gasteiger partial charge is 0.496 e. The normalized spacial score (nSPS) is 10.3. The van der Waals surface area contributed by atoms with E-state index in [0.717, 1.165) is 0 Å². The topological polar surface area (TPSA) is 46.5 Å². The Hall–Kier alpha value is -1.71. The number of hydrogen-bond donors (Lipinski definition) is 1. The maximum atomic E-state index is 11.0. The summed E-state index contributed by atoms with van der Waals surface area (Å²) >= 11 is 12.0. The van der Waals surface area contributed by atoms with E-state index in [-0.39, 0.29) is 5.56 Å². The standard InChI is InChI=1S/C14H10Cl2O3/c1-19-13-5-2-8(14(17)18)6-11(13)10-4-3-9(15)7-12(10)16/h2-7H,1H3,(H,17,18). The van der Waals surface area contributed by atoms with E-state index in [2.05, 4.69) is 0 Å². The second-order valence-electron chi connectivity index (χ2n) is 3.84. The molecule has 2 aromatic rings. The fourth-order valence-corrected chi connectivity index (χ4v) is 2.27. The van der Waals surface area contributed by atoms with Crippen molar-refractivity contribution in [2.24, 2.45) is 0 Å². The number of halogens is 2. The second kappa shape index (κ2) is 5.51. The van der Waals surface area contributed by atoms with Crippen LogP contribution in [-0.2, 0) is 0 Å². The summed E-state index contributed by atoms with van der Waals surface area (Å²) in [5.41, 5.74) is 1.46. The van der Waals surface area contributed by atoms with Crippen LogP contribution in [0.1, 0.15) is 10.4 Å². The van der Waals surface area contributed by atoms with Crippen molar-refractivity contribution in [2.75, 3.05) is 7.11 Å². The Morgan fingerprint density at radius 1 is 1.11 bits per heavy atom. The summed E-state index contributed by atoms with van der Waals surface area (Å²) in [4.78, 5) is 11.0. The van der Waals surface area contributed by atoms with Crippen LogP contribution in [0.2, 0.25) is 10.0 Å². The lowest BCUT2D eigenvalue weighted by Gasteiger charge is -2.11. The van der Waals surface area contributed by atoms with E-state index in [1.165, 1.54) is 19.2 Å². The van der Waals surface area contributed by atoms with Crippen LogP contribution in [-0.4, -0.2) is 18.2 Å². The van der Waals surface area contributed by atoms with E-state index in [4.69, 9.17) is 33.0 Å². The highest BCUT2D eigenvalue weighted by molar-refractivity contribution is 6.36. The Balaban J connectivity index is 2.64. The number of carboxylic acids is 1. The van der Waals surface area contributed by atoms with Crippen molar-refractivity contribution in [3.05, 3.63) is 52.0 Å².